The molecule has 2 heterocycles. The Labute approximate surface area is 195 Å². The third-order valence-electron chi connectivity index (χ3n) is 5.93. The van der Waals surface area contributed by atoms with Crippen molar-refractivity contribution in [1.82, 2.24) is 4.98 Å². The van der Waals surface area contributed by atoms with Crippen molar-refractivity contribution in [2.45, 2.75) is 37.6 Å². The Balaban J connectivity index is 2.10. The van der Waals surface area contributed by atoms with Crippen LogP contribution in [0.15, 0.2) is 30.5 Å². The van der Waals surface area contributed by atoms with Gasteiger partial charge in [-0.1, -0.05) is 13.0 Å². The molecule has 1 aliphatic rings. The summed E-state index contributed by atoms with van der Waals surface area (Å²) in [6.45, 7) is 1.17. The van der Waals surface area contributed by atoms with E-state index in [-0.39, 0.29) is 16.9 Å². The average Bonchev–Trinajstić information content (AvgIpc) is 3.07. The van der Waals surface area contributed by atoms with Crippen LogP contribution in [0.3, 0.4) is 0 Å². The van der Waals surface area contributed by atoms with E-state index in [1.54, 1.807) is 6.07 Å². The zero-order valence-corrected chi connectivity index (χ0v) is 18.3. The molecular weight excluding hydrogens is 479 g/mol. The van der Waals surface area contributed by atoms with Crippen LogP contribution in [0.25, 0.3) is 0 Å². The number of nitrogens with two attached hydrogens (primary N) is 1. The van der Waals surface area contributed by atoms with E-state index < -0.39 is 65.5 Å². The Morgan fingerprint density at radius 2 is 2.00 bits per heavy atom. The van der Waals surface area contributed by atoms with E-state index in [1.165, 1.54) is 6.07 Å². The first-order valence-electron chi connectivity index (χ1n) is 10.1. The summed E-state index contributed by atoms with van der Waals surface area (Å²) in [5, 5.41) is 11.1. The summed E-state index contributed by atoms with van der Waals surface area (Å²) in [5.74, 6) is -8.60. The van der Waals surface area contributed by atoms with E-state index in [2.05, 4.69) is 10.3 Å². The number of carbonyl (C=O) groups is 2. The zero-order chi connectivity index (χ0) is 26.1. The molecule has 0 saturated carbocycles. The number of primary amides is 1. The van der Waals surface area contributed by atoms with E-state index in [0.29, 0.717) is 6.07 Å². The van der Waals surface area contributed by atoms with E-state index in [1.807, 2.05) is 0 Å². The zero-order valence-electron chi connectivity index (χ0n) is 18.3. The maximum absolute atomic E-state index is 14.6. The number of hydrogen-bond donors (Lipinski definition) is 2. The van der Waals surface area contributed by atoms with Crippen LogP contribution in [0.5, 0.6) is 5.75 Å². The predicted molar refractivity (Wildman–Crippen MR) is 110 cm³/mol. The minimum atomic E-state index is -4.94. The van der Waals surface area contributed by atoms with Crippen LogP contribution in [-0.2, 0) is 9.53 Å². The third kappa shape index (κ3) is 4.74. The number of carbonyl (C=O) groups excluding carboxylic acids is 2. The Bertz CT molecular complexity index is 1200. The number of nitriles is 1. The summed E-state index contributed by atoms with van der Waals surface area (Å²) in [6.07, 6.45) is -5.65. The summed E-state index contributed by atoms with van der Waals surface area (Å²) < 4.78 is 80.7. The molecule has 0 spiro atoms. The lowest BCUT2D eigenvalue weighted by Crippen LogP contribution is -2.47. The van der Waals surface area contributed by atoms with Gasteiger partial charge in [0.2, 0.25) is 5.82 Å². The topological polar surface area (TPSA) is 127 Å². The fraction of sp³-hybridized carbons (Fsp3) is 0.364. The molecule has 186 valence electrons. The van der Waals surface area contributed by atoms with Crippen LogP contribution in [0.4, 0.5) is 27.6 Å². The highest BCUT2D eigenvalue weighted by Gasteiger charge is 2.65. The fourth-order valence-corrected chi connectivity index (χ4v) is 3.94. The highest BCUT2D eigenvalue weighted by atomic mass is 19.4. The molecule has 1 aliphatic heterocycles. The number of aromatic nitrogens is 1. The molecule has 1 fully saturated rings. The van der Waals surface area contributed by atoms with Gasteiger partial charge < -0.3 is 20.5 Å². The number of alkyl halides is 3. The van der Waals surface area contributed by atoms with Crippen molar-refractivity contribution in [1.29, 1.82) is 5.26 Å². The highest BCUT2D eigenvalue weighted by Crippen LogP contribution is 2.55. The van der Waals surface area contributed by atoms with Gasteiger partial charge in [-0.2, -0.15) is 22.8 Å². The van der Waals surface area contributed by atoms with Gasteiger partial charge in [0, 0.05) is 29.3 Å². The molecule has 2 amide bonds. The van der Waals surface area contributed by atoms with Gasteiger partial charge >= 0.3 is 6.18 Å². The number of hydrogen-bond acceptors (Lipinski definition) is 6. The second kappa shape index (κ2) is 9.46. The molecule has 35 heavy (non-hydrogen) atoms. The fourth-order valence-electron chi connectivity index (χ4n) is 3.94. The normalized spacial score (nSPS) is 24.0. The Hall–Kier alpha value is -3.79. The number of nitrogens with zero attached hydrogens (tertiary/aromatic N) is 2. The summed E-state index contributed by atoms with van der Waals surface area (Å²) in [7, 11) is 0. The Morgan fingerprint density at radius 1 is 1.31 bits per heavy atom. The molecule has 0 bridgehead atoms. The molecule has 1 saturated heterocycles. The van der Waals surface area contributed by atoms with Gasteiger partial charge in [-0.05, 0) is 25.1 Å². The van der Waals surface area contributed by atoms with E-state index in [4.69, 9.17) is 20.5 Å². The van der Waals surface area contributed by atoms with E-state index in [0.717, 1.165) is 32.2 Å². The van der Waals surface area contributed by atoms with Crippen LogP contribution in [0, 0.1) is 28.9 Å². The van der Waals surface area contributed by atoms with Crippen molar-refractivity contribution >= 4 is 17.5 Å². The minimum Gasteiger partial charge on any atom is -0.475 e. The summed E-state index contributed by atoms with van der Waals surface area (Å²) in [6, 6.07) is 5.60. The molecule has 0 unspecified atom stereocenters. The molecule has 1 aromatic carbocycles. The highest BCUT2D eigenvalue weighted by molar-refractivity contribution is 5.97. The molecule has 4 atom stereocenters. The van der Waals surface area contributed by atoms with Crippen LogP contribution in [0.2, 0.25) is 0 Å². The number of anilines is 1. The second-order valence-corrected chi connectivity index (χ2v) is 7.97. The standard InChI is InChI=1S/C22H19F5N4O4/c1-10-15(12-3-4-13(23)16(24)17(12)34-8-6-28)18(35-21(10,2)22(25,26)27)20(33)31-11-5-7-30-14(9-11)19(29)32/h3-5,7,9-10,15,18H,8H2,1-2H3,(H2,29,32)(H,30,31,33)/t10-,15-,18+,21+/m0/s1. The lowest BCUT2D eigenvalue weighted by molar-refractivity contribution is -0.272. The van der Waals surface area contributed by atoms with Crippen molar-refractivity contribution in [3.8, 4) is 11.8 Å². The molecule has 3 rings (SSSR count). The van der Waals surface area contributed by atoms with Crippen molar-refractivity contribution in [2.24, 2.45) is 11.7 Å². The molecule has 13 heteroatoms. The minimum absolute atomic E-state index is 0.0133. The van der Waals surface area contributed by atoms with Crippen molar-refractivity contribution in [3.63, 3.8) is 0 Å². The maximum atomic E-state index is 14.6. The number of benzene rings is 1. The maximum Gasteiger partial charge on any atom is 0.417 e. The molecule has 0 radical (unpaired) electrons. The van der Waals surface area contributed by atoms with Crippen LogP contribution in [0.1, 0.15) is 35.8 Å². The number of rotatable bonds is 6. The summed E-state index contributed by atoms with van der Waals surface area (Å²) in [5.41, 5.74) is 1.78. The number of pyridine rings is 1. The van der Waals surface area contributed by atoms with Crippen LogP contribution in [-0.4, -0.2) is 41.3 Å². The lowest BCUT2D eigenvalue weighted by atomic mass is 9.77. The predicted octanol–water partition coefficient (Wildman–Crippen LogP) is 3.44. The van der Waals surface area contributed by atoms with Crippen molar-refractivity contribution in [2.75, 3.05) is 11.9 Å². The SMILES string of the molecule is C[C@H]1[C@@H](c2ccc(F)c(F)c2OCC#N)[C@H](C(=O)Nc2ccnc(C(N)=O)c2)O[C@@]1(C)C(F)(F)F. The third-order valence-corrected chi connectivity index (χ3v) is 5.93. The number of nitrogens with one attached hydrogen (secondary N) is 1. The summed E-state index contributed by atoms with van der Waals surface area (Å²) in [4.78, 5) is 28.2. The van der Waals surface area contributed by atoms with E-state index in [9.17, 15) is 31.5 Å². The monoisotopic (exact) mass is 498 g/mol. The van der Waals surface area contributed by atoms with E-state index >= 15 is 0 Å². The number of halogens is 5. The van der Waals surface area contributed by atoms with Gasteiger partial charge in [0.15, 0.2) is 23.8 Å². The first-order chi connectivity index (χ1) is 16.3. The van der Waals surface area contributed by atoms with Gasteiger partial charge in [0.05, 0.1) is 0 Å². The molecular formula is C22H19F5N4O4. The van der Waals surface area contributed by atoms with Gasteiger partial charge in [-0.25, -0.2) is 4.39 Å². The molecule has 2 aromatic rings. The first-order valence-corrected chi connectivity index (χ1v) is 10.1. The second-order valence-electron chi connectivity index (χ2n) is 7.97. The smallest absolute Gasteiger partial charge is 0.417 e. The molecule has 0 aliphatic carbocycles. The number of amides is 2. The van der Waals surface area contributed by atoms with Crippen LogP contribution >= 0.6 is 0 Å². The van der Waals surface area contributed by atoms with Gasteiger partial charge in [0.25, 0.3) is 11.8 Å². The quantitative estimate of drug-likeness (QED) is 0.588. The van der Waals surface area contributed by atoms with Gasteiger partial charge in [-0.15, -0.1) is 0 Å². The average molecular weight is 498 g/mol. The molecule has 8 nitrogen and oxygen atoms in total. The van der Waals surface area contributed by atoms with Crippen molar-refractivity contribution < 1.29 is 41.0 Å². The van der Waals surface area contributed by atoms with Crippen LogP contribution < -0.4 is 15.8 Å². The summed E-state index contributed by atoms with van der Waals surface area (Å²) >= 11 is 0. The largest absolute Gasteiger partial charge is 0.475 e. The van der Waals surface area contributed by atoms with Gasteiger partial charge in [-0.3, -0.25) is 14.6 Å². The first kappa shape index (κ1) is 25.8. The molecule has 1 aromatic heterocycles. The Kier molecular flexibility index (Phi) is 6.98. The number of ether oxygens (including phenoxy) is 2. The lowest BCUT2D eigenvalue weighted by Gasteiger charge is -2.32. The molecule has 3 N–H and O–H groups in total. The Morgan fingerprint density at radius 3 is 2.60 bits per heavy atom. The van der Waals surface area contributed by atoms with Crippen molar-refractivity contribution in [3.05, 3.63) is 53.4 Å². The van der Waals surface area contributed by atoms with Gasteiger partial charge in [0.1, 0.15) is 17.9 Å².